The van der Waals surface area contributed by atoms with Gasteiger partial charge in [0, 0.05) is 0 Å². The van der Waals surface area contributed by atoms with Crippen molar-refractivity contribution in [2.75, 3.05) is 19.8 Å². The average Bonchev–Trinajstić information content (AvgIpc) is 2.66. The highest BCUT2D eigenvalue weighted by molar-refractivity contribution is 5.82. The van der Waals surface area contributed by atoms with Gasteiger partial charge in [-0.15, -0.1) is 0 Å². The first-order chi connectivity index (χ1) is 6.27. The van der Waals surface area contributed by atoms with Crippen molar-refractivity contribution < 1.29 is 15.0 Å². The molecule has 0 radical (unpaired) electrons. The molecule has 1 fully saturated rings. The molecular formula is C8H16N2O3. The van der Waals surface area contributed by atoms with Crippen LogP contribution in [0.5, 0.6) is 0 Å². The molecule has 5 nitrogen and oxygen atoms in total. The quantitative estimate of drug-likeness (QED) is 0.420. The fraction of sp³-hybridized carbons (Fsp3) is 0.875. The minimum absolute atomic E-state index is 0.134. The van der Waals surface area contributed by atoms with E-state index < -0.39 is 6.04 Å². The zero-order valence-electron chi connectivity index (χ0n) is 7.49. The molecule has 0 aromatic rings. The average molecular weight is 188 g/mol. The van der Waals surface area contributed by atoms with Gasteiger partial charge in [0.1, 0.15) is 0 Å². The fourth-order valence-electron chi connectivity index (χ4n) is 1.36. The molecule has 1 heterocycles. The first-order valence-corrected chi connectivity index (χ1v) is 4.53. The maximum atomic E-state index is 11.4. The van der Waals surface area contributed by atoms with Crippen molar-refractivity contribution in [3.05, 3.63) is 0 Å². The zero-order chi connectivity index (χ0) is 9.68. The third-order valence-electron chi connectivity index (χ3n) is 2.16. The molecule has 1 saturated heterocycles. The van der Waals surface area contributed by atoms with Crippen molar-refractivity contribution in [1.29, 1.82) is 0 Å². The Hall–Kier alpha value is -0.650. The van der Waals surface area contributed by atoms with E-state index in [2.05, 4.69) is 10.6 Å². The van der Waals surface area contributed by atoms with Gasteiger partial charge in [-0.05, 0) is 19.4 Å². The Balaban J connectivity index is 2.30. The van der Waals surface area contributed by atoms with Gasteiger partial charge in [-0.25, -0.2) is 0 Å². The highest BCUT2D eigenvalue weighted by Crippen LogP contribution is 2.04. The zero-order valence-corrected chi connectivity index (χ0v) is 7.49. The van der Waals surface area contributed by atoms with E-state index in [1.165, 1.54) is 0 Å². The summed E-state index contributed by atoms with van der Waals surface area (Å²) in [5.74, 6) is -0.134. The van der Waals surface area contributed by atoms with Crippen molar-refractivity contribution in [3.63, 3.8) is 0 Å². The Bertz CT molecular complexity index is 165. The lowest BCUT2D eigenvalue weighted by molar-refractivity contribution is -0.124. The maximum absolute atomic E-state index is 11.4. The van der Waals surface area contributed by atoms with Crippen molar-refractivity contribution in [3.8, 4) is 0 Å². The van der Waals surface area contributed by atoms with Crippen LogP contribution in [0, 0.1) is 0 Å². The van der Waals surface area contributed by atoms with Gasteiger partial charge in [0.2, 0.25) is 5.91 Å². The molecule has 1 rings (SSSR count). The molecule has 4 N–H and O–H groups in total. The first kappa shape index (κ1) is 10.4. The van der Waals surface area contributed by atoms with Crippen LogP contribution in [-0.2, 0) is 4.79 Å². The number of hydrogen-bond donors (Lipinski definition) is 4. The second-order valence-electron chi connectivity index (χ2n) is 3.22. The van der Waals surface area contributed by atoms with Crippen LogP contribution in [0.1, 0.15) is 12.8 Å². The molecule has 1 aliphatic heterocycles. The predicted molar refractivity (Wildman–Crippen MR) is 47.1 cm³/mol. The number of nitrogens with one attached hydrogen (secondary N) is 2. The van der Waals surface area contributed by atoms with Crippen LogP contribution in [0.25, 0.3) is 0 Å². The standard InChI is InChI=1S/C8H16N2O3/c11-4-6(5-12)10-8(13)7-2-1-3-9-7/h6-7,9,11-12H,1-5H2,(H,10,13)/t7-/m1/s1. The van der Waals surface area contributed by atoms with Crippen molar-refractivity contribution in [2.45, 2.75) is 24.9 Å². The molecule has 0 unspecified atom stereocenters. The van der Waals surface area contributed by atoms with E-state index in [1.54, 1.807) is 0 Å². The summed E-state index contributed by atoms with van der Waals surface area (Å²) < 4.78 is 0. The number of hydrogen-bond acceptors (Lipinski definition) is 4. The number of amides is 1. The normalized spacial score (nSPS) is 22.2. The third kappa shape index (κ3) is 2.95. The Labute approximate surface area is 77.1 Å². The number of rotatable bonds is 4. The van der Waals surface area contributed by atoms with Crippen LogP contribution < -0.4 is 10.6 Å². The molecule has 0 aliphatic carbocycles. The highest BCUT2D eigenvalue weighted by Gasteiger charge is 2.23. The molecule has 1 aliphatic rings. The smallest absolute Gasteiger partial charge is 0.237 e. The highest BCUT2D eigenvalue weighted by atomic mass is 16.3. The van der Waals surface area contributed by atoms with Crippen LogP contribution in [0.2, 0.25) is 0 Å². The summed E-state index contributed by atoms with van der Waals surface area (Å²) in [6.45, 7) is 0.408. The molecule has 0 aromatic heterocycles. The molecule has 1 atom stereocenters. The summed E-state index contributed by atoms with van der Waals surface area (Å²) in [5.41, 5.74) is 0. The Morgan fingerprint density at radius 1 is 1.54 bits per heavy atom. The van der Waals surface area contributed by atoms with E-state index in [4.69, 9.17) is 10.2 Å². The van der Waals surface area contributed by atoms with E-state index in [-0.39, 0.29) is 25.2 Å². The molecule has 1 amide bonds. The molecule has 76 valence electrons. The molecular weight excluding hydrogens is 172 g/mol. The van der Waals surface area contributed by atoms with Gasteiger partial charge >= 0.3 is 0 Å². The second kappa shape index (κ2) is 5.16. The van der Waals surface area contributed by atoms with Gasteiger partial charge in [0.05, 0.1) is 25.3 Å². The van der Waals surface area contributed by atoms with Crippen LogP contribution >= 0.6 is 0 Å². The van der Waals surface area contributed by atoms with Crippen molar-refractivity contribution in [1.82, 2.24) is 10.6 Å². The van der Waals surface area contributed by atoms with Crippen molar-refractivity contribution >= 4 is 5.91 Å². The van der Waals surface area contributed by atoms with Gasteiger partial charge in [0.15, 0.2) is 0 Å². The Morgan fingerprint density at radius 2 is 2.23 bits per heavy atom. The number of carbonyl (C=O) groups is 1. The number of aliphatic hydroxyl groups excluding tert-OH is 2. The van der Waals surface area contributed by atoms with Gasteiger partial charge < -0.3 is 20.8 Å². The SMILES string of the molecule is O=C(NC(CO)CO)[C@H]1CCCN1. The van der Waals surface area contributed by atoms with Gasteiger partial charge in [-0.2, -0.15) is 0 Å². The molecule has 0 bridgehead atoms. The fourth-order valence-corrected chi connectivity index (χ4v) is 1.36. The number of carbonyl (C=O) groups excluding carboxylic acids is 1. The summed E-state index contributed by atoms with van der Waals surface area (Å²) in [7, 11) is 0. The monoisotopic (exact) mass is 188 g/mol. The van der Waals surface area contributed by atoms with Crippen LogP contribution in [0.3, 0.4) is 0 Å². The lowest BCUT2D eigenvalue weighted by atomic mass is 10.2. The lowest BCUT2D eigenvalue weighted by Crippen LogP contribution is -2.47. The molecule has 0 spiro atoms. The Morgan fingerprint density at radius 3 is 2.69 bits per heavy atom. The van der Waals surface area contributed by atoms with E-state index in [0.717, 1.165) is 19.4 Å². The molecule has 0 aromatic carbocycles. The summed E-state index contributed by atoms with van der Waals surface area (Å²) in [6.07, 6.45) is 1.83. The van der Waals surface area contributed by atoms with Crippen LogP contribution in [0.4, 0.5) is 0 Å². The summed E-state index contributed by atoms with van der Waals surface area (Å²) in [5, 5.41) is 23.0. The van der Waals surface area contributed by atoms with Crippen LogP contribution in [-0.4, -0.2) is 48.0 Å². The third-order valence-corrected chi connectivity index (χ3v) is 2.16. The van der Waals surface area contributed by atoms with Gasteiger partial charge in [-0.1, -0.05) is 0 Å². The topological polar surface area (TPSA) is 81.6 Å². The summed E-state index contributed by atoms with van der Waals surface area (Å²) in [6, 6.07) is -0.685. The second-order valence-corrected chi connectivity index (χ2v) is 3.22. The summed E-state index contributed by atoms with van der Waals surface area (Å²) >= 11 is 0. The van der Waals surface area contributed by atoms with Gasteiger partial charge in [-0.3, -0.25) is 4.79 Å². The summed E-state index contributed by atoms with van der Waals surface area (Å²) in [4.78, 5) is 11.4. The van der Waals surface area contributed by atoms with Crippen molar-refractivity contribution in [2.24, 2.45) is 0 Å². The van der Waals surface area contributed by atoms with Crippen LogP contribution in [0.15, 0.2) is 0 Å². The van der Waals surface area contributed by atoms with E-state index in [0.29, 0.717) is 0 Å². The Kier molecular flexibility index (Phi) is 4.14. The largest absolute Gasteiger partial charge is 0.394 e. The van der Waals surface area contributed by atoms with E-state index in [1.807, 2.05) is 0 Å². The van der Waals surface area contributed by atoms with Gasteiger partial charge in [0.25, 0.3) is 0 Å². The minimum atomic E-state index is -0.533. The lowest BCUT2D eigenvalue weighted by Gasteiger charge is -2.16. The first-order valence-electron chi connectivity index (χ1n) is 4.53. The predicted octanol–water partition coefficient (Wildman–Crippen LogP) is -1.79. The van der Waals surface area contributed by atoms with E-state index in [9.17, 15) is 4.79 Å². The molecule has 5 heteroatoms. The molecule has 0 saturated carbocycles. The minimum Gasteiger partial charge on any atom is -0.394 e. The number of aliphatic hydroxyl groups is 2. The maximum Gasteiger partial charge on any atom is 0.237 e. The van der Waals surface area contributed by atoms with E-state index >= 15 is 0 Å². The molecule has 13 heavy (non-hydrogen) atoms.